The number of carbonyl (C=O) groups is 2. The van der Waals surface area contributed by atoms with E-state index in [4.69, 9.17) is 15.2 Å². The maximum absolute atomic E-state index is 12.3. The highest BCUT2D eigenvalue weighted by molar-refractivity contribution is 5.75. The summed E-state index contributed by atoms with van der Waals surface area (Å²) in [5.41, 5.74) is 6.20. The summed E-state index contributed by atoms with van der Waals surface area (Å²) in [6.45, 7) is 6.85. The lowest BCUT2D eigenvalue weighted by atomic mass is 9.70. The molecule has 0 heterocycles. The molecule has 25 heavy (non-hydrogen) atoms. The van der Waals surface area contributed by atoms with Crippen molar-refractivity contribution in [3.63, 3.8) is 0 Å². The fourth-order valence-electron chi connectivity index (χ4n) is 3.35. The number of primary amides is 1. The summed E-state index contributed by atoms with van der Waals surface area (Å²) < 4.78 is 10.7. The molecule has 0 bridgehead atoms. The van der Waals surface area contributed by atoms with Crippen LogP contribution in [0.15, 0.2) is 24.3 Å². The number of hydrogen-bond donors (Lipinski definition) is 1. The van der Waals surface area contributed by atoms with E-state index in [0.29, 0.717) is 17.1 Å². The second kappa shape index (κ2) is 8.37. The predicted molar refractivity (Wildman–Crippen MR) is 95.8 cm³/mol. The van der Waals surface area contributed by atoms with Crippen LogP contribution >= 0.6 is 0 Å². The third kappa shape index (κ3) is 6.07. The van der Waals surface area contributed by atoms with Gasteiger partial charge in [-0.05, 0) is 54.7 Å². The van der Waals surface area contributed by atoms with Crippen molar-refractivity contribution in [2.45, 2.75) is 53.1 Å². The molecule has 1 saturated carbocycles. The first kappa shape index (κ1) is 19.3. The molecule has 0 atom stereocenters. The highest BCUT2D eigenvalue weighted by Crippen LogP contribution is 2.40. The summed E-state index contributed by atoms with van der Waals surface area (Å²) in [5, 5.41) is 0. The van der Waals surface area contributed by atoms with Gasteiger partial charge in [0, 0.05) is 0 Å². The molecule has 0 aliphatic heterocycles. The van der Waals surface area contributed by atoms with E-state index in [0.717, 1.165) is 31.2 Å². The average Bonchev–Trinajstić information content (AvgIpc) is 2.57. The van der Waals surface area contributed by atoms with Gasteiger partial charge in [-0.3, -0.25) is 9.59 Å². The standard InChI is InChI=1S/C20H29NO4/c1-20(2,3)16-9-7-15(8-10-16)19(23)25-12-14-5-4-6-17(11-14)24-13-18(21)22/h4-6,11,15-16H,7-10,12-13H2,1-3H3,(H2,21,22). The number of hydrogen-bond acceptors (Lipinski definition) is 4. The molecule has 2 rings (SSSR count). The molecule has 0 unspecified atom stereocenters. The fourth-order valence-corrected chi connectivity index (χ4v) is 3.35. The molecule has 5 nitrogen and oxygen atoms in total. The Labute approximate surface area is 149 Å². The monoisotopic (exact) mass is 347 g/mol. The van der Waals surface area contributed by atoms with Crippen LogP contribution in [0.2, 0.25) is 0 Å². The van der Waals surface area contributed by atoms with E-state index in [2.05, 4.69) is 20.8 Å². The van der Waals surface area contributed by atoms with Crippen LogP contribution in [0.25, 0.3) is 0 Å². The number of rotatable bonds is 6. The Hall–Kier alpha value is -2.04. The van der Waals surface area contributed by atoms with E-state index in [-0.39, 0.29) is 25.1 Å². The molecule has 0 aromatic heterocycles. The van der Waals surface area contributed by atoms with Gasteiger partial charge in [0.25, 0.3) is 5.91 Å². The van der Waals surface area contributed by atoms with Gasteiger partial charge in [0.2, 0.25) is 0 Å². The molecular formula is C20H29NO4. The van der Waals surface area contributed by atoms with E-state index in [9.17, 15) is 9.59 Å². The number of ether oxygens (including phenoxy) is 2. The Bertz CT molecular complexity index is 598. The Morgan fingerprint density at radius 2 is 1.84 bits per heavy atom. The van der Waals surface area contributed by atoms with Gasteiger partial charge in [0.1, 0.15) is 12.4 Å². The van der Waals surface area contributed by atoms with E-state index in [1.165, 1.54) is 0 Å². The normalized spacial score (nSPS) is 20.8. The molecule has 5 heteroatoms. The Kier molecular flexibility index (Phi) is 6.45. The van der Waals surface area contributed by atoms with Gasteiger partial charge in [0.15, 0.2) is 6.61 Å². The van der Waals surface area contributed by atoms with Gasteiger partial charge in [-0.15, -0.1) is 0 Å². The van der Waals surface area contributed by atoms with Crippen molar-refractivity contribution in [3.8, 4) is 5.75 Å². The first-order valence-corrected chi connectivity index (χ1v) is 8.92. The van der Waals surface area contributed by atoms with Gasteiger partial charge in [-0.2, -0.15) is 0 Å². The van der Waals surface area contributed by atoms with Gasteiger partial charge in [0.05, 0.1) is 5.92 Å². The fraction of sp³-hybridized carbons (Fsp3) is 0.600. The molecule has 0 radical (unpaired) electrons. The summed E-state index contributed by atoms with van der Waals surface area (Å²) in [6, 6.07) is 7.16. The van der Waals surface area contributed by atoms with Crippen molar-refractivity contribution in [2.75, 3.05) is 6.61 Å². The second-order valence-corrected chi connectivity index (χ2v) is 7.92. The lowest BCUT2D eigenvalue weighted by Crippen LogP contribution is -2.29. The molecule has 1 aromatic carbocycles. The molecule has 1 aromatic rings. The van der Waals surface area contributed by atoms with Gasteiger partial charge < -0.3 is 15.2 Å². The zero-order chi connectivity index (χ0) is 18.4. The molecular weight excluding hydrogens is 318 g/mol. The van der Waals surface area contributed by atoms with Gasteiger partial charge >= 0.3 is 5.97 Å². The lowest BCUT2D eigenvalue weighted by Gasteiger charge is -2.36. The SMILES string of the molecule is CC(C)(C)C1CCC(C(=O)OCc2cccc(OCC(N)=O)c2)CC1. The molecule has 0 saturated heterocycles. The summed E-state index contributed by atoms with van der Waals surface area (Å²) >= 11 is 0. The minimum Gasteiger partial charge on any atom is -0.484 e. The molecule has 2 N–H and O–H groups in total. The highest BCUT2D eigenvalue weighted by atomic mass is 16.5. The summed E-state index contributed by atoms with van der Waals surface area (Å²) in [4.78, 5) is 23.1. The summed E-state index contributed by atoms with van der Waals surface area (Å²) in [5.74, 6) is 0.583. The summed E-state index contributed by atoms with van der Waals surface area (Å²) in [6.07, 6.45) is 3.98. The van der Waals surface area contributed by atoms with E-state index < -0.39 is 5.91 Å². The maximum Gasteiger partial charge on any atom is 0.309 e. The predicted octanol–water partition coefficient (Wildman–Crippen LogP) is 3.45. The van der Waals surface area contributed by atoms with Crippen molar-refractivity contribution in [1.29, 1.82) is 0 Å². The molecule has 0 spiro atoms. The molecule has 1 aliphatic carbocycles. The third-order valence-electron chi connectivity index (χ3n) is 4.95. The zero-order valence-electron chi connectivity index (χ0n) is 15.4. The van der Waals surface area contributed by atoms with Crippen LogP contribution in [0.5, 0.6) is 5.75 Å². The van der Waals surface area contributed by atoms with Crippen molar-refractivity contribution in [1.82, 2.24) is 0 Å². The Morgan fingerprint density at radius 3 is 2.44 bits per heavy atom. The molecule has 138 valence electrons. The number of esters is 1. The van der Waals surface area contributed by atoms with Crippen LogP contribution in [0, 0.1) is 17.3 Å². The zero-order valence-corrected chi connectivity index (χ0v) is 15.4. The average molecular weight is 347 g/mol. The topological polar surface area (TPSA) is 78.6 Å². The molecule has 1 fully saturated rings. The summed E-state index contributed by atoms with van der Waals surface area (Å²) in [7, 11) is 0. The number of carbonyl (C=O) groups excluding carboxylic acids is 2. The highest BCUT2D eigenvalue weighted by Gasteiger charge is 2.32. The largest absolute Gasteiger partial charge is 0.484 e. The molecule has 1 amide bonds. The van der Waals surface area contributed by atoms with Crippen molar-refractivity contribution < 1.29 is 19.1 Å². The maximum atomic E-state index is 12.3. The van der Waals surface area contributed by atoms with Gasteiger partial charge in [-0.25, -0.2) is 0 Å². The van der Waals surface area contributed by atoms with E-state index in [1.807, 2.05) is 6.07 Å². The van der Waals surface area contributed by atoms with E-state index >= 15 is 0 Å². The lowest BCUT2D eigenvalue weighted by molar-refractivity contribution is -0.151. The third-order valence-corrected chi connectivity index (χ3v) is 4.95. The van der Waals surface area contributed by atoms with Gasteiger partial charge in [-0.1, -0.05) is 32.9 Å². The number of amides is 1. The first-order chi connectivity index (χ1) is 11.8. The Morgan fingerprint density at radius 1 is 1.16 bits per heavy atom. The Balaban J connectivity index is 1.80. The van der Waals surface area contributed by atoms with Crippen molar-refractivity contribution >= 4 is 11.9 Å². The quantitative estimate of drug-likeness (QED) is 0.800. The smallest absolute Gasteiger partial charge is 0.309 e. The van der Waals surface area contributed by atoms with Crippen LogP contribution in [-0.2, 0) is 20.9 Å². The second-order valence-electron chi connectivity index (χ2n) is 7.92. The van der Waals surface area contributed by atoms with Crippen LogP contribution < -0.4 is 10.5 Å². The van der Waals surface area contributed by atoms with Crippen LogP contribution in [0.4, 0.5) is 0 Å². The first-order valence-electron chi connectivity index (χ1n) is 8.92. The minimum atomic E-state index is -0.525. The number of benzene rings is 1. The van der Waals surface area contributed by atoms with E-state index in [1.54, 1.807) is 18.2 Å². The molecule has 1 aliphatic rings. The number of nitrogens with two attached hydrogens (primary N) is 1. The van der Waals surface area contributed by atoms with Crippen molar-refractivity contribution in [3.05, 3.63) is 29.8 Å². The minimum absolute atomic E-state index is 0.00731. The van der Waals surface area contributed by atoms with Crippen molar-refractivity contribution in [2.24, 2.45) is 23.0 Å². The van der Waals surface area contributed by atoms with Crippen LogP contribution in [0.1, 0.15) is 52.0 Å². The van der Waals surface area contributed by atoms with Crippen LogP contribution in [0.3, 0.4) is 0 Å². The van der Waals surface area contributed by atoms with Crippen LogP contribution in [-0.4, -0.2) is 18.5 Å².